The summed E-state index contributed by atoms with van der Waals surface area (Å²) in [4.78, 5) is 4.29. The third-order valence-electron chi connectivity index (χ3n) is 3.33. The van der Waals surface area contributed by atoms with Crippen LogP contribution >= 0.6 is 0 Å². The molecule has 2 N–H and O–H groups in total. The summed E-state index contributed by atoms with van der Waals surface area (Å²) in [5, 5.41) is 10.5. The summed E-state index contributed by atoms with van der Waals surface area (Å²) < 4.78 is 27.4. The average molecular weight is 314 g/mol. The molecule has 22 heavy (non-hydrogen) atoms. The number of sulfonamides is 1. The Bertz CT molecular complexity index is 935. The molecule has 5 nitrogen and oxygen atoms in total. The molecular formula is C16H14N2O3S. The van der Waals surface area contributed by atoms with Crippen molar-refractivity contribution in [1.29, 1.82) is 0 Å². The van der Waals surface area contributed by atoms with Crippen LogP contribution in [-0.2, 0) is 10.0 Å². The lowest BCUT2D eigenvalue weighted by molar-refractivity contribution is 0.478. The fourth-order valence-corrected chi connectivity index (χ4v) is 3.25. The van der Waals surface area contributed by atoms with Crippen LogP contribution < -0.4 is 4.72 Å². The number of pyridine rings is 1. The van der Waals surface area contributed by atoms with Crippen molar-refractivity contribution >= 4 is 26.6 Å². The van der Waals surface area contributed by atoms with Crippen LogP contribution in [-0.4, -0.2) is 18.5 Å². The highest BCUT2D eigenvalue weighted by molar-refractivity contribution is 7.92. The number of anilines is 1. The molecule has 3 rings (SSSR count). The second kappa shape index (κ2) is 5.31. The van der Waals surface area contributed by atoms with Gasteiger partial charge in [-0.3, -0.25) is 9.71 Å². The molecule has 112 valence electrons. The number of aromatic nitrogens is 1. The van der Waals surface area contributed by atoms with E-state index in [9.17, 15) is 13.5 Å². The molecule has 0 bridgehead atoms. The van der Waals surface area contributed by atoms with Gasteiger partial charge in [-0.25, -0.2) is 8.42 Å². The van der Waals surface area contributed by atoms with Crippen LogP contribution in [0.2, 0.25) is 0 Å². The van der Waals surface area contributed by atoms with E-state index in [2.05, 4.69) is 9.71 Å². The smallest absolute Gasteiger partial charge is 0.262 e. The monoisotopic (exact) mass is 314 g/mol. The zero-order chi connectivity index (χ0) is 15.7. The molecule has 6 heteroatoms. The second-order valence-corrected chi connectivity index (χ2v) is 6.63. The highest BCUT2D eigenvalue weighted by Gasteiger charge is 2.18. The number of nitrogens with one attached hydrogen (secondary N) is 1. The van der Waals surface area contributed by atoms with Crippen LogP contribution in [0.3, 0.4) is 0 Å². The fraction of sp³-hybridized carbons (Fsp3) is 0.0625. The minimum Gasteiger partial charge on any atom is -0.506 e. The molecule has 0 amide bonds. The van der Waals surface area contributed by atoms with Gasteiger partial charge in [0.2, 0.25) is 0 Å². The summed E-state index contributed by atoms with van der Waals surface area (Å²) >= 11 is 0. The Hall–Kier alpha value is -2.60. The summed E-state index contributed by atoms with van der Waals surface area (Å²) in [5.74, 6) is -0.142. The summed E-state index contributed by atoms with van der Waals surface area (Å²) in [5.41, 5.74) is 1.70. The Balaban J connectivity index is 2.09. The Morgan fingerprint density at radius 1 is 1.05 bits per heavy atom. The highest BCUT2D eigenvalue weighted by atomic mass is 32.2. The van der Waals surface area contributed by atoms with E-state index in [1.165, 1.54) is 18.2 Å². The van der Waals surface area contributed by atoms with E-state index in [1.807, 2.05) is 6.92 Å². The van der Waals surface area contributed by atoms with Gasteiger partial charge in [-0.15, -0.1) is 0 Å². The first-order valence-electron chi connectivity index (χ1n) is 6.63. The van der Waals surface area contributed by atoms with E-state index >= 15 is 0 Å². The number of fused-ring (bicyclic) bond motifs is 1. The van der Waals surface area contributed by atoms with E-state index in [-0.39, 0.29) is 16.3 Å². The van der Waals surface area contributed by atoms with Gasteiger partial charge in [-0.2, -0.15) is 0 Å². The van der Waals surface area contributed by atoms with E-state index in [0.717, 1.165) is 5.56 Å². The quantitative estimate of drug-likeness (QED) is 0.728. The first-order chi connectivity index (χ1) is 10.5. The largest absolute Gasteiger partial charge is 0.506 e. The standard InChI is InChI=1S/C16H14N2O3S/c1-11-4-6-12(7-5-11)22(20,21)18-16-13-3-2-10-17-14(13)8-9-15(16)19/h2-10,18-19H,1H3. The van der Waals surface area contributed by atoms with Gasteiger partial charge in [0.1, 0.15) is 5.75 Å². The molecule has 0 saturated carbocycles. The number of aromatic hydroxyl groups is 1. The molecule has 2 aromatic carbocycles. The van der Waals surface area contributed by atoms with Crippen LogP contribution in [0.1, 0.15) is 5.56 Å². The topological polar surface area (TPSA) is 79.3 Å². The third-order valence-corrected chi connectivity index (χ3v) is 4.70. The van der Waals surface area contributed by atoms with Crippen molar-refractivity contribution in [3.8, 4) is 5.75 Å². The van der Waals surface area contributed by atoms with Crippen molar-refractivity contribution in [3.05, 3.63) is 60.3 Å². The average Bonchev–Trinajstić information content (AvgIpc) is 2.50. The minimum atomic E-state index is -3.78. The first-order valence-corrected chi connectivity index (χ1v) is 8.12. The predicted molar refractivity (Wildman–Crippen MR) is 85.4 cm³/mol. The first kappa shape index (κ1) is 14.3. The maximum atomic E-state index is 12.5. The Morgan fingerprint density at radius 3 is 2.50 bits per heavy atom. The van der Waals surface area contributed by atoms with Gasteiger partial charge in [0.05, 0.1) is 16.1 Å². The normalized spacial score (nSPS) is 11.5. The number of aryl methyl sites for hydroxylation is 1. The summed E-state index contributed by atoms with van der Waals surface area (Å²) in [7, 11) is -3.78. The van der Waals surface area contributed by atoms with Gasteiger partial charge in [-0.1, -0.05) is 17.7 Å². The van der Waals surface area contributed by atoms with Gasteiger partial charge < -0.3 is 5.11 Å². The third kappa shape index (κ3) is 2.60. The number of hydrogen-bond donors (Lipinski definition) is 2. The van der Waals surface area contributed by atoms with Crippen LogP contribution in [0.25, 0.3) is 10.9 Å². The second-order valence-electron chi connectivity index (χ2n) is 4.95. The Kier molecular flexibility index (Phi) is 3.46. The molecule has 0 fully saturated rings. The Labute approximate surface area is 128 Å². The van der Waals surface area contributed by atoms with Gasteiger partial charge >= 0.3 is 0 Å². The molecule has 1 aromatic heterocycles. The van der Waals surface area contributed by atoms with Crippen molar-refractivity contribution < 1.29 is 13.5 Å². The van der Waals surface area contributed by atoms with Gasteiger partial charge in [0.15, 0.2) is 0 Å². The van der Waals surface area contributed by atoms with Gasteiger partial charge in [0.25, 0.3) is 10.0 Å². The van der Waals surface area contributed by atoms with Crippen molar-refractivity contribution in [2.75, 3.05) is 4.72 Å². The number of phenols is 1. The number of nitrogens with zero attached hydrogens (tertiary/aromatic N) is 1. The summed E-state index contributed by atoms with van der Waals surface area (Å²) in [6.07, 6.45) is 1.61. The number of phenolic OH excluding ortho intramolecular Hbond substituents is 1. The predicted octanol–water partition coefficient (Wildman–Crippen LogP) is 3.05. The molecule has 0 aliphatic rings. The maximum Gasteiger partial charge on any atom is 0.262 e. The summed E-state index contributed by atoms with van der Waals surface area (Å²) in [6, 6.07) is 12.9. The molecule has 0 atom stereocenters. The molecule has 1 heterocycles. The SMILES string of the molecule is Cc1ccc(S(=O)(=O)Nc2c(O)ccc3ncccc23)cc1. The lowest BCUT2D eigenvalue weighted by Gasteiger charge is -2.12. The number of benzene rings is 2. The van der Waals surface area contributed by atoms with Crippen LogP contribution in [0, 0.1) is 6.92 Å². The molecule has 3 aromatic rings. The fourth-order valence-electron chi connectivity index (χ4n) is 2.16. The van der Waals surface area contributed by atoms with Crippen molar-refractivity contribution in [2.45, 2.75) is 11.8 Å². The van der Waals surface area contributed by atoms with Crippen molar-refractivity contribution in [3.63, 3.8) is 0 Å². The summed E-state index contributed by atoms with van der Waals surface area (Å²) in [6.45, 7) is 1.88. The lowest BCUT2D eigenvalue weighted by atomic mass is 10.2. The molecule has 0 unspecified atom stereocenters. The van der Waals surface area contributed by atoms with Gasteiger partial charge in [-0.05, 0) is 43.3 Å². The molecule has 0 radical (unpaired) electrons. The highest BCUT2D eigenvalue weighted by Crippen LogP contribution is 2.33. The molecule has 0 aliphatic heterocycles. The van der Waals surface area contributed by atoms with E-state index in [1.54, 1.807) is 36.5 Å². The van der Waals surface area contributed by atoms with Crippen molar-refractivity contribution in [2.24, 2.45) is 0 Å². The molecular weight excluding hydrogens is 300 g/mol. The van der Waals surface area contributed by atoms with Crippen LogP contribution in [0.5, 0.6) is 5.75 Å². The lowest BCUT2D eigenvalue weighted by Crippen LogP contribution is -2.13. The van der Waals surface area contributed by atoms with Crippen molar-refractivity contribution in [1.82, 2.24) is 4.98 Å². The zero-order valence-corrected chi connectivity index (χ0v) is 12.6. The molecule has 0 aliphatic carbocycles. The number of rotatable bonds is 3. The molecule has 0 spiro atoms. The zero-order valence-electron chi connectivity index (χ0n) is 11.8. The van der Waals surface area contributed by atoms with E-state index in [0.29, 0.717) is 10.9 Å². The molecule has 0 saturated heterocycles. The van der Waals surface area contributed by atoms with Gasteiger partial charge in [0, 0.05) is 11.6 Å². The van der Waals surface area contributed by atoms with E-state index < -0.39 is 10.0 Å². The Morgan fingerprint density at radius 2 is 1.77 bits per heavy atom. The maximum absolute atomic E-state index is 12.5. The van der Waals surface area contributed by atoms with E-state index in [4.69, 9.17) is 0 Å². The minimum absolute atomic E-state index is 0.131. The number of hydrogen-bond acceptors (Lipinski definition) is 4. The van der Waals surface area contributed by atoms with Crippen LogP contribution in [0.15, 0.2) is 59.6 Å². The van der Waals surface area contributed by atoms with Crippen LogP contribution in [0.4, 0.5) is 5.69 Å².